The largest absolute Gasteiger partial charge is 0.524 e. The topological polar surface area (TPSA) is 270 Å². The molecule has 6 amide bonds. The zero-order valence-corrected chi connectivity index (χ0v) is 26.6. The van der Waals surface area contributed by atoms with Gasteiger partial charge in [0, 0.05) is 33.4 Å². The van der Waals surface area contributed by atoms with Crippen LogP contribution in [0.4, 0.5) is 0 Å². The van der Waals surface area contributed by atoms with Gasteiger partial charge < -0.3 is 41.6 Å². The van der Waals surface area contributed by atoms with Crippen LogP contribution < -0.4 is 31.9 Å². The van der Waals surface area contributed by atoms with E-state index in [0.29, 0.717) is 5.56 Å². The Labute approximate surface area is 261 Å². The Morgan fingerprint density at radius 3 is 2.07 bits per heavy atom. The maximum absolute atomic E-state index is 13.7. The fraction of sp³-hybridized carbons (Fsp3) is 0.556. The Morgan fingerprint density at radius 2 is 1.58 bits per heavy atom. The van der Waals surface area contributed by atoms with Gasteiger partial charge in [0.2, 0.25) is 35.4 Å². The van der Waals surface area contributed by atoms with Crippen molar-refractivity contribution in [3.05, 3.63) is 29.8 Å². The molecule has 1 aromatic rings. The molecule has 0 spiro atoms. The van der Waals surface area contributed by atoms with Gasteiger partial charge in [0.15, 0.2) is 0 Å². The summed E-state index contributed by atoms with van der Waals surface area (Å²) in [4.78, 5) is 94.2. The van der Waals surface area contributed by atoms with Crippen molar-refractivity contribution in [2.24, 2.45) is 17.4 Å². The molecule has 0 saturated heterocycles. The molecule has 0 unspecified atom stereocenters. The average molecular weight is 659 g/mol. The predicted octanol–water partition coefficient (Wildman–Crippen LogP) is -1.55. The van der Waals surface area contributed by atoms with E-state index in [4.69, 9.17) is 26.0 Å². The highest BCUT2D eigenvalue weighted by Crippen LogP contribution is 2.37. The lowest BCUT2D eigenvalue weighted by molar-refractivity contribution is -0.141. The molecule has 3 atom stereocenters. The number of ether oxygens (including phenoxy) is 1. The van der Waals surface area contributed by atoms with Gasteiger partial charge in [-0.25, -0.2) is 4.57 Å². The molecule has 0 aliphatic rings. The molecule has 0 aliphatic heterocycles. The van der Waals surface area contributed by atoms with E-state index in [9.17, 15) is 33.3 Å². The fourth-order valence-electron chi connectivity index (χ4n) is 4.15. The molecule has 0 bridgehead atoms. The normalized spacial score (nSPS) is 13.2. The molecule has 1 rings (SSSR count). The minimum atomic E-state index is -4.79. The minimum absolute atomic E-state index is 0.0109. The highest BCUT2D eigenvalue weighted by molar-refractivity contribution is 7.46. The Hall–Kier alpha value is -4.05. The second-order valence-electron chi connectivity index (χ2n) is 10.7. The molecule has 0 heterocycles. The van der Waals surface area contributed by atoms with Gasteiger partial charge in [-0.3, -0.25) is 38.6 Å². The molecule has 45 heavy (non-hydrogen) atoms. The van der Waals surface area contributed by atoms with E-state index < -0.39 is 67.9 Å². The molecule has 0 fully saturated rings. The maximum Gasteiger partial charge on any atom is 0.524 e. The third-order valence-electron chi connectivity index (χ3n) is 6.17. The number of nitrogens with one attached hydrogen (secondary N) is 3. The number of phosphoric acid groups is 1. The van der Waals surface area contributed by atoms with Crippen LogP contribution >= 0.6 is 7.82 Å². The van der Waals surface area contributed by atoms with Gasteiger partial charge in [0.25, 0.3) is 0 Å². The van der Waals surface area contributed by atoms with Crippen molar-refractivity contribution in [1.29, 1.82) is 0 Å². The summed E-state index contributed by atoms with van der Waals surface area (Å²) in [6.45, 7) is 4.26. The van der Waals surface area contributed by atoms with Crippen LogP contribution in [0.1, 0.15) is 45.6 Å². The quantitative estimate of drug-likeness (QED) is 0.0788. The number of carbonyl (C=O) groups excluding carboxylic acids is 6. The summed E-state index contributed by atoms with van der Waals surface area (Å²) in [7, 11) is -3.41. The van der Waals surface area contributed by atoms with Gasteiger partial charge in [-0.15, -0.1) is 0 Å². The molecule has 252 valence electrons. The third-order valence-corrected chi connectivity index (χ3v) is 6.62. The lowest BCUT2D eigenvalue weighted by Crippen LogP contribution is -2.57. The van der Waals surface area contributed by atoms with Crippen LogP contribution in [0.2, 0.25) is 0 Å². The molecule has 9 N–H and O–H groups in total. The number of nitrogens with two attached hydrogens (primary N) is 2. The summed E-state index contributed by atoms with van der Waals surface area (Å²) in [5, 5.41) is 7.52. The standard InChI is InChI=1S/C27H43N6O11P/c1-16(2)13-21(25(29)37)31-24(36)15-33(11-12-43-4)27(39)20(9-10-23(28)35)32-26(38)22(30-17(3)34)14-18-5-7-19(8-6-18)44-45(40,41)42/h5-8,16,20-22H,9-15H2,1-4H3,(H2,28,35)(H2,29,37)(H,30,34)(H,31,36)(H,32,38)(H2,40,41,42)/t20-,21-,22-/m0/s1. The Morgan fingerprint density at radius 1 is 0.956 bits per heavy atom. The minimum Gasteiger partial charge on any atom is -0.404 e. The number of carbonyl (C=O) groups is 6. The number of benzene rings is 1. The first-order valence-corrected chi connectivity index (χ1v) is 15.5. The number of rotatable bonds is 20. The van der Waals surface area contributed by atoms with Crippen molar-refractivity contribution >= 4 is 43.3 Å². The molecular formula is C27H43N6O11P. The monoisotopic (exact) mass is 658 g/mol. The van der Waals surface area contributed by atoms with Crippen LogP contribution in [0.5, 0.6) is 5.75 Å². The van der Waals surface area contributed by atoms with Gasteiger partial charge in [0.05, 0.1) is 13.2 Å². The zero-order valence-electron chi connectivity index (χ0n) is 25.7. The van der Waals surface area contributed by atoms with Gasteiger partial charge in [-0.1, -0.05) is 26.0 Å². The summed E-state index contributed by atoms with van der Waals surface area (Å²) in [5.74, 6) is -4.40. The highest BCUT2D eigenvalue weighted by Gasteiger charge is 2.31. The molecule has 17 nitrogen and oxygen atoms in total. The number of methoxy groups -OCH3 is 1. The first-order valence-electron chi connectivity index (χ1n) is 14.0. The summed E-state index contributed by atoms with van der Waals surface area (Å²) >= 11 is 0. The van der Waals surface area contributed by atoms with Crippen LogP contribution in [-0.2, 0) is 44.5 Å². The van der Waals surface area contributed by atoms with Gasteiger partial charge >= 0.3 is 7.82 Å². The first kappa shape index (κ1) is 39.0. The van der Waals surface area contributed by atoms with E-state index in [2.05, 4.69) is 20.5 Å². The number of primary amides is 2. The zero-order chi connectivity index (χ0) is 34.3. The third kappa shape index (κ3) is 16.0. The lowest BCUT2D eigenvalue weighted by Gasteiger charge is -2.29. The van der Waals surface area contributed by atoms with Gasteiger partial charge in [-0.05, 0) is 36.5 Å². The molecule has 0 aliphatic carbocycles. The Bertz CT molecular complexity index is 1240. The average Bonchev–Trinajstić information content (AvgIpc) is 2.91. The second kappa shape index (κ2) is 18.7. The molecule has 0 aromatic heterocycles. The van der Waals surface area contributed by atoms with E-state index in [1.54, 1.807) is 0 Å². The van der Waals surface area contributed by atoms with E-state index >= 15 is 0 Å². The molecule has 0 radical (unpaired) electrons. The van der Waals surface area contributed by atoms with Gasteiger partial charge in [0.1, 0.15) is 23.9 Å². The maximum atomic E-state index is 13.7. The first-order chi connectivity index (χ1) is 20.9. The van der Waals surface area contributed by atoms with E-state index in [1.807, 2.05) is 13.8 Å². The lowest BCUT2D eigenvalue weighted by atomic mass is 10.0. The molecule has 1 aromatic carbocycles. The van der Waals surface area contributed by atoms with E-state index in [-0.39, 0.29) is 50.5 Å². The SMILES string of the molecule is COCCN(CC(=O)N[C@@H](CC(C)C)C(N)=O)C(=O)[C@H](CCC(N)=O)NC(=O)[C@H](Cc1ccc(OP(=O)(O)O)cc1)NC(C)=O. The Balaban J connectivity index is 3.21. The van der Waals surface area contributed by atoms with Crippen LogP contribution in [0.3, 0.4) is 0 Å². The highest BCUT2D eigenvalue weighted by atomic mass is 31.2. The number of phosphoric ester groups is 1. The summed E-state index contributed by atoms with van der Waals surface area (Å²) in [6, 6.07) is 1.82. The molecule has 18 heteroatoms. The van der Waals surface area contributed by atoms with Crippen molar-refractivity contribution < 1.29 is 52.4 Å². The summed E-state index contributed by atoms with van der Waals surface area (Å²) < 4.78 is 20.6. The second-order valence-corrected chi connectivity index (χ2v) is 11.8. The number of hydrogen-bond donors (Lipinski definition) is 7. The number of amides is 6. The summed E-state index contributed by atoms with van der Waals surface area (Å²) in [6.07, 6.45) is -0.360. The van der Waals surface area contributed by atoms with Gasteiger partial charge in [-0.2, -0.15) is 0 Å². The van der Waals surface area contributed by atoms with Crippen LogP contribution in [0, 0.1) is 5.92 Å². The predicted molar refractivity (Wildman–Crippen MR) is 160 cm³/mol. The van der Waals surface area contributed by atoms with Crippen molar-refractivity contribution in [3.63, 3.8) is 0 Å². The van der Waals surface area contributed by atoms with E-state index in [1.165, 1.54) is 38.3 Å². The van der Waals surface area contributed by atoms with Crippen LogP contribution in [0.25, 0.3) is 0 Å². The number of nitrogens with zero attached hydrogens (tertiary/aromatic N) is 1. The fourth-order valence-corrected chi connectivity index (χ4v) is 4.55. The van der Waals surface area contributed by atoms with E-state index in [0.717, 1.165) is 4.90 Å². The molecule has 0 saturated carbocycles. The van der Waals surface area contributed by atoms with Crippen molar-refractivity contribution in [1.82, 2.24) is 20.9 Å². The smallest absolute Gasteiger partial charge is 0.404 e. The van der Waals surface area contributed by atoms with Crippen LogP contribution in [0.15, 0.2) is 24.3 Å². The molecular weight excluding hydrogens is 615 g/mol. The van der Waals surface area contributed by atoms with Crippen molar-refractivity contribution in [2.75, 3.05) is 26.8 Å². The van der Waals surface area contributed by atoms with Crippen molar-refractivity contribution in [2.45, 2.75) is 64.6 Å². The van der Waals surface area contributed by atoms with Crippen molar-refractivity contribution in [3.8, 4) is 5.75 Å². The number of hydrogen-bond acceptors (Lipinski definition) is 9. The van der Waals surface area contributed by atoms with Crippen LogP contribution in [-0.4, -0.2) is 95.1 Å². The Kier molecular flexibility index (Phi) is 16.2. The summed E-state index contributed by atoms with van der Waals surface area (Å²) in [5.41, 5.74) is 11.2.